The van der Waals surface area contributed by atoms with Crippen molar-refractivity contribution in [1.82, 2.24) is 20.9 Å². The zero-order valence-corrected chi connectivity index (χ0v) is 17.0. The number of halogens is 1. The normalized spacial score (nSPS) is 11.4. The maximum atomic E-state index is 13.5. The molecule has 1 heterocycles. The number of carbonyl (C=O) groups is 1. The number of nitrogens with zero attached hydrogens (tertiary/aromatic N) is 2. The van der Waals surface area contributed by atoms with Gasteiger partial charge in [0.05, 0.1) is 12.2 Å². The van der Waals surface area contributed by atoms with E-state index >= 15 is 0 Å². The fraction of sp³-hybridized carbons (Fsp3) is 0.421. The fourth-order valence-electron chi connectivity index (χ4n) is 2.29. The lowest BCUT2D eigenvalue weighted by Gasteiger charge is -2.11. The Morgan fingerprint density at radius 1 is 1.19 bits per heavy atom. The van der Waals surface area contributed by atoms with E-state index in [9.17, 15) is 9.18 Å². The Morgan fingerprint density at radius 3 is 2.56 bits per heavy atom. The monoisotopic (exact) mass is 391 g/mol. The third-order valence-electron chi connectivity index (χ3n) is 3.93. The first kappa shape index (κ1) is 20.8. The molecular weight excluding hydrogens is 365 g/mol. The Morgan fingerprint density at radius 2 is 1.93 bits per heavy atom. The predicted octanol–water partition coefficient (Wildman–Crippen LogP) is 2.69. The van der Waals surface area contributed by atoms with Gasteiger partial charge in [0, 0.05) is 30.1 Å². The molecule has 0 aliphatic heterocycles. The summed E-state index contributed by atoms with van der Waals surface area (Å²) in [6.45, 7) is 9.83. The van der Waals surface area contributed by atoms with Crippen LogP contribution in [-0.4, -0.2) is 36.5 Å². The van der Waals surface area contributed by atoms with Gasteiger partial charge in [0.2, 0.25) is 0 Å². The molecule has 0 saturated carbocycles. The van der Waals surface area contributed by atoms with Crippen molar-refractivity contribution >= 4 is 23.2 Å². The molecule has 2 rings (SSSR count). The number of nitrogens with one attached hydrogen (secondary N) is 3. The van der Waals surface area contributed by atoms with E-state index in [2.05, 4.69) is 25.9 Å². The van der Waals surface area contributed by atoms with Crippen LogP contribution in [0.2, 0.25) is 0 Å². The highest BCUT2D eigenvalue weighted by Gasteiger charge is 2.08. The van der Waals surface area contributed by atoms with Gasteiger partial charge in [-0.3, -0.25) is 4.79 Å². The molecule has 1 aromatic heterocycles. The Bertz CT molecular complexity index is 799. The number of aliphatic imine (C=N–C) groups is 1. The summed E-state index contributed by atoms with van der Waals surface area (Å²) < 4.78 is 13.5. The maximum absolute atomic E-state index is 13.5. The molecule has 0 aliphatic carbocycles. The third kappa shape index (κ3) is 6.32. The zero-order chi connectivity index (χ0) is 19.8. The molecule has 0 spiro atoms. The van der Waals surface area contributed by atoms with E-state index < -0.39 is 0 Å². The van der Waals surface area contributed by atoms with Crippen LogP contribution in [0.3, 0.4) is 0 Å². The van der Waals surface area contributed by atoms with Crippen molar-refractivity contribution in [3.05, 3.63) is 50.7 Å². The van der Waals surface area contributed by atoms with E-state index in [4.69, 9.17) is 0 Å². The molecule has 27 heavy (non-hydrogen) atoms. The van der Waals surface area contributed by atoms with Crippen molar-refractivity contribution in [3.63, 3.8) is 0 Å². The van der Waals surface area contributed by atoms with Gasteiger partial charge in [-0.1, -0.05) is 6.07 Å². The Labute approximate surface area is 163 Å². The van der Waals surface area contributed by atoms with Gasteiger partial charge in [0.1, 0.15) is 10.8 Å². The van der Waals surface area contributed by atoms with Gasteiger partial charge in [-0.2, -0.15) is 0 Å². The number of aryl methyl sites for hydroxylation is 3. The molecule has 3 N–H and O–H groups in total. The summed E-state index contributed by atoms with van der Waals surface area (Å²) in [6.07, 6.45) is 0. The van der Waals surface area contributed by atoms with Crippen LogP contribution in [0.15, 0.2) is 23.2 Å². The summed E-state index contributed by atoms with van der Waals surface area (Å²) in [5.41, 5.74) is 1.87. The molecule has 0 unspecified atom stereocenters. The smallest absolute Gasteiger partial charge is 0.251 e. The quantitative estimate of drug-likeness (QED) is 0.385. The standard InChI is InChI=1S/C19H26FN5OS/c1-5-21-19(24-11-17-25-13(3)14(4)27-17)23-9-8-22-18(26)15-7-6-12(2)16(20)10-15/h6-7,10H,5,8-9,11H2,1-4H3,(H,22,26)(H2,21,23,24). The first-order valence-corrected chi connectivity index (χ1v) is 9.71. The Balaban J connectivity index is 1.82. The van der Waals surface area contributed by atoms with Crippen molar-refractivity contribution in [1.29, 1.82) is 0 Å². The molecular formula is C19H26FN5OS. The summed E-state index contributed by atoms with van der Waals surface area (Å²) in [4.78, 5) is 22.3. The van der Waals surface area contributed by atoms with Gasteiger partial charge in [0.25, 0.3) is 5.91 Å². The van der Waals surface area contributed by atoms with Gasteiger partial charge in [-0.15, -0.1) is 11.3 Å². The largest absolute Gasteiger partial charge is 0.357 e. The summed E-state index contributed by atoms with van der Waals surface area (Å²) in [5.74, 6) is -0.0139. The average molecular weight is 392 g/mol. The molecule has 0 bridgehead atoms. The van der Waals surface area contributed by atoms with Crippen LogP contribution in [0, 0.1) is 26.6 Å². The molecule has 8 heteroatoms. The molecule has 0 fully saturated rings. The summed E-state index contributed by atoms with van der Waals surface area (Å²) in [7, 11) is 0. The first-order chi connectivity index (χ1) is 12.9. The summed E-state index contributed by atoms with van der Waals surface area (Å²) in [5, 5.41) is 10.1. The fourth-order valence-corrected chi connectivity index (χ4v) is 3.15. The molecule has 2 aromatic rings. The highest BCUT2D eigenvalue weighted by atomic mass is 32.1. The first-order valence-electron chi connectivity index (χ1n) is 8.90. The Hall–Kier alpha value is -2.48. The molecule has 0 saturated heterocycles. The zero-order valence-electron chi connectivity index (χ0n) is 16.1. The molecule has 146 valence electrons. The van der Waals surface area contributed by atoms with E-state index in [-0.39, 0.29) is 11.7 Å². The highest BCUT2D eigenvalue weighted by molar-refractivity contribution is 7.11. The molecule has 1 aromatic carbocycles. The van der Waals surface area contributed by atoms with Gasteiger partial charge >= 0.3 is 0 Å². The SMILES string of the molecule is CCNC(=NCc1nc(C)c(C)s1)NCCNC(=O)c1ccc(C)c(F)c1. The lowest BCUT2D eigenvalue weighted by molar-refractivity contribution is 0.0954. The molecule has 1 amide bonds. The number of rotatable bonds is 7. The van der Waals surface area contributed by atoms with E-state index in [1.165, 1.54) is 10.9 Å². The number of hydrogen-bond donors (Lipinski definition) is 3. The minimum atomic E-state index is -0.380. The summed E-state index contributed by atoms with van der Waals surface area (Å²) >= 11 is 1.65. The van der Waals surface area contributed by atoms with Crippen LogP contribution in [0.5, 0.6) is 0 Å². The van der Waals surface area contributed by atoms with E-state index in [1.54, 1.807) is 30.4 Å². The third-order valence-corrected chi connectivity index (χ3v) is 4.98. The maximum Gasteiger partial charge on any atom is 0.251 e. The number of amides is 1. The number of aromatic nitrogens is 1. The molecule has 6 nitrogen and oxygen atoms in total. The van der Waals surface area contributed by atoms with E-state index in [0.717, 1.165) is 17.2 Å². The lowest BCUT2D eigenvalue weighted by atomic mass is 10.1. The highest BCUT2D eigenvalue weighted by Crippen LogP contribution is 2.16. The van der Waals surface area contributed by atoms with E-state index in [0.29, 0.717) is 36.7 Å². The number of carbonyl (C=O) groups excluding carboxylic acids is 1. The van der Waals surface area contributed by atoms with Crippen molar-refractivity contribution < 1.29 is 9.18 Å². The van der Waals surface area contributed by atoms with Crippen LogP contribution in [0.4, 0.5) is 4.39 Å². The van der Waals surface area contributed by atoms with Gasteiger partial charge in [-0.25, -0.2) is 14.4 Å². The summed E-state index contributed by atoms with van der Waals surface area (Å²) in [6, 6.07) is 4.47. The van der Waals surface area contributed by atoms with Crippen LogP contribution in [0.25, 0.3) is 0 Å². The van der Waals surface area contributed by atoms with E-state index in [1.807, 2.05) is 20.8 Å². The second-order valence-electron chi connectivity index (χ2n) is 6.09. The lowest BCUT2D eigenvalue weighted by Crippen LogP contribution is -2.41. The average Bonchev–Trinajstić information content (AvgIpc) is 2.96. The van der Waals surface area contributed by atoms with Crippen molar-refractivity contribution in [2.24, 2.45) is 4.99 Å². The topological polar surface area (TPSA) is 78.4 Å². The number of thiazole rings is 1. The van der Waals surface area contributed by atoms with Gasteiger partial charge < -0.3 is 16.0 Å². The number of guanidine groups is 1. The predicted molar refractivity (Wildman–Crippen MR) is 108 cm³/mol. The van der Waals surface area contributed by atoms with Crippen molar-refractivity contribution in [2.75, 3.05) is 19.6 Å². The molecule has 0 atom stereocenters. The number of benzene rings is 1. The second-order valence-corrected chi connectivity index (χ2v) is 7.38. The second kappa shape index (κ2) is 10.0. The Kier molecular flexibility index (Phi) is 7.72. The van der Waals surface area contributed by atoms with Gasteiger partial charge in [0.15, 0.2) is 5.96 Å². The van der Waals surface area contributed by atoms with Crippen molar-refractivity contribution in [2.45, 2.75) is 34.2 Å². The van der Waals surface area contributed by atoms with Crippen LogP contribution >= 0.6 is 11.3 Å². The molecule has 0 aliphatic rings. The van der Waals surface area contributed by atoms with Crippen molar-refractivity contribution in [3.8, 4) is 0 Å². The van der Waals surface area contributed by atoms with Gasteiger partial charge in [-0.05, 0) is 45.4 Å². The molecule has 0 radical (unpaired) electrons. The van der Waals surface area contributed by atoms with Crippen LogP contribution in [0.1, 0.15) is 38.4 Å². The van der Waals surface area contributed by atoms with Crippen LogP contribution < -0.4 is 16.0 Å². The minimum Gasteiger partial charge on any atom is -0.357 e. The number of hydrogen-bond acceptors (Lipinski definition) is 4. The minimum absolute atomic E-state index is 0.300. The van der Waals surface area contributed by atoms with Crippen LogP contribution in [-0.2, 0) is 6.54 Å².